The van der Waals surface area contributed by atoms with Gasteiger partial charge in [-0.05, 0) is 94.0 Å². The minimum Gasteiger partial charge on any atom is -0.308 e. The Bertz CT molecular complexity index is 3720. The van der Waals surface area contributed by atoms with Crippen molar-refractivity contribution in [3.63, 3.8) is 0 Å². The molecule has 0 radical (unpaired) electrons. The number of fused-ring (bicyclic) bond motifs is 3. The van der Waals surface area contributed by atoms with Crippen molar-refractivity contribution >= 4 is 33.2 Å². The van der Waals surface area contributed by atoms with E-state index in [1.165, 1.54) is 0 Å². The molecule has 0 unspecified atom stereocenters. The molecule has 0 atom stereocenters. The molecule has 2 aromatic heterocycles. The highest BCUT2D eigenvalue weighted by Gasteiger charge is 2.24. The minimum absolute atomic E-state index is 0.522. The fourth-order valence-electron chi connectivity index (χ4n) is 9.22. The fourth-order valence-corrected chi connectivity index (χ4v) is 9.22. The summed E-state index contributed by atoms with van der Waals surface area (Å²) in [5.74, 6) is 0.589. The van der Waals surface area contributed by atoms with Crippen molar-refractivity contribution in [2.45, 2.75) is 0 Å². The fraction of sp³-hybridized carbons (Fsp3) is 0. The highest BCUT2D eigenvalue weighted by molar-refractivity contribution is 6.13. The number of nitrogens with zero attached hydrogens (tertiary/aromatic N) is 7. The smallest absolute Gasteiger partial charge is 0.194 e. The van der Waals surface area contributed by atoms with E-state index >= 15 is 0 Å². The number of rotatable bonds is 8. The minimum atomic E-state index is 0.522. The van der Waals surface area contributed by atoms with Crippen LogP contribution < -0.4 is 0 Å². The first-order valence-corrected chi connectivity index (χ1v) is 22.2. The molecule has 0 saturated heterocycles. The van der Waals surface area contributed by atoms with Crippen molar-refractivity contribution < 1.29 is 0 Å². The summed E-state index contributed by atoms with van der Waals surface area (Å²) in [7, 11) is 0. The lowest BCUT2D eigenvalue weighted by atomic mass is 9.91. The van der Waals surface area contributed by atoms with Crippen molar-refractivity contribution in [3.8, 4) is 96.2 Å². The first kappa shape index (κ1) is 41.5. The number of aromatic nitrogens is 3. The van der Waals surface area contributed by atoms with Gasteiger partial charge in [-0.2, -0.15) is 10.5 Å². The van der Waals surface area contributed by atoms with E-state index in [0.29, 0.717) is 34.0 Å². The quantitative estimate of drug-likeness (QED) is 0.142. The molecule has 318 valence electrons. The number of para-hydroxylation sites is 1. The zero-order valence-corrected chi connectivity index (χ0v) is 36.8. The van der Waals surface area contributed by atoms with Crippen molar-refractivity contribution in [2.24, 2.45) is 0 Å². The molecule has 0 aliphatic heterocycles. The largest absolute Gasteiger partial charge is 0.308 e. The van der Waals surface area contributed by atoms with Gasteiger partial charge in [0.15, 0.2) is 17.2 Å². The Labute approximate surface area is 399 Å². The Morgan fingerprint density at radius 2 is 0.928 bits per heavy atom. The van der Waals surface area contributed by atoms with Crippen LogP contribution in [-0.2, 0) is 0 Å². The lowest BCUT2D eigenvalue weighted by molar-refractivity contribution is 1.17. The van der Waals surface area contributed by atoms with E-state index in [9.17, 15) is 10.5 Å². The molecule has 0 spiro atoms. The Morgan fingerprint density at radius 3 is 1.52 bits per heavy atom. The second-order valence-corrected chi connectivity index (χ2v) is 16.5. The Morgan fingerprint density at radius 1 is 0.406 bits per heavy atom. The standard InChI is InChI=1S/C62H35N7/c1-65-49-29-25-42(26-30-49)53-36-48(58-37-57(43-13-5-3-6-14-43)67-62(68-58)44-15-7-4-8-16-44)35-52(41-23-21-40(38-63)22-24-41)61(53)69-59-31-27-45(50-18-10-9-17-47(50)39-64)33-54(59)55-34-46(28-32-60(55)69)51-19-11-12-20-56(51)66-2/h3-37H. The van der Waals surface area contributed by atoms with Crippen LogP contribution in [0.2, 0.25) is 0 Å². The SMILES string of the molecule is [C-]#[N+]c1ccc(-c2cc(-c3cc(-c4ccccc4)nc(-c4ccccc4)n3)cc(-c3ccc(C#N)cc3)c2-n2c3ccc(-c4ccccc4C#N)cc3c3cc(-c4ccccc4[N+]#[C-])ccc32)cc1. The van der Waals surface area contributed by atoms with Crippen molar-refractivity contribution in [1.29, 1.82) is 10.5 Å². The molecule has 0 bridgehead atoms. The summed E-state index contributed by atoms with van der Waals surface area (Å²) in [6.45, 7) is 15.8. The van der Waals surface area contributed by atoms with E-state index in [2.05, 4.69) is 87.1 Å². The third-order valence-corrected chi connectivity index (χ3v) is 12.5. The van der Waals surface area contributed by atoms with Crippen LogP contribution in [0.5, 0.6) is 0 Å². The van der Waals surface area contributed by atoms with Crippen LogP contribution in [0.15, 0.2) is 212 Å². The summed E-state index contributed by atoms with van der Waals surface area (Å²) >= 11 is 0. The maximum absolute atomic E-state index is 10.2. The highest BCUT2D eigenvalue weighted by atomic mass is 15.0. The number of nitriles is 2. The van der Waals surface area contributed by atoms with E-state index in [0.717, 1.165) is 94.4 Å². The topological polar surface area (TPSA) is 87.0 Å². The summed E-state index contributed by atoms with van der Waals surface area (Å²) in [6.07, 6.45) is 0. The van der Waals surface area contributed by atoms with Crippen LogP contribution >= 0.6 is 0 Å². The summed E-state index contributed by atoms with van der Waals surface area (Å²) in [5.41, 5.74) is 16.1. The van der Waals surface area contributed by atoms with Gasteiger partial charge in [0, 0.05) is 38.6 Å². The van der Waals surface area contributed by atoms with Gasteiger partial charge < -0.3 is 4.57 Å². The van der Waals surface area contributed by atoms with Gasteiger partial charge in [-0.3, -0.25) is 0 Å². The van der Waals surface area contributed by atoms with Crippen LogP contribution in [0.25, 0.3) is 116 Å². The Balaban J connectivity index is 1.27. The van der Waals surface area contributed by atoms with Gasteiger partial charge >= 0.3 is 0 Å². The summed E-state index contributed by atoms with van der Waals surface area (Å²) in [4.78, 5) is 18.0. The summed E-state index contributed by atoms with van der Waals surface area (Å²) < 4.78 is 2.30. The van der Waals surface area contributed by atoms with Gasteiger partial charge in [0.25, 0.3) is 0 Å². The molecule has 7 nitrogen and oxygen atoms in total. The second-order valence-electron chi connectivity index (χ2n) is 16.5. The molecule has 11 rings (SSSR count). The summed E-state index contributed by atoms with van der Waals surface area (Å²) in [5, 5.41) is 22.1. The molecule has 0 saturated carbocycles. The van der Waals surface area contributed by atoms with E-state index < -0.39 is 0 Å². The Kier molecular flexibility index (Phi) is 10.6. The molecule has 0 N–H and O–H groups in total. The average molecular weight is 878 g/mol. The molecular formula is C62H35N7. The average Bonchev–Trinajstić information content (AvgIpc) is 3.75. The van der Waals surface area contributed by atoms with Gasteiger partial charge in [-0.25, -0.2) is 19.7 Å². The molecule has 11 aromatic rings. The van der Waals surface area contributed by atoms with Crippen LogP contribution in [0, 0.1) is 35.8 Å². The Hall–Kier alpha value is -10.2. The van der Waals surface area contributed by atoms with Gasteiger partial charge in [0.05, 0.1) is 64.5 Å². The first-order chi connectivity index (χ1) is 34.0. The molecule has 0 amide bonds. The van der Waals surface area contributed by atoms with Crippen LogP contribution in [0.1, 0.15) is 11.1 Å². The molecular weight excluding hydrogens is 843 g/mol. The predicted molar refractivity (Wildman–Crippen MR) is 276 cm³/mol. The van der Waals surface area contributed by atoms with E-state index in [-0.39, 0.29) is 0 Å². The molecule has 2 heterocycles. The summed E-state index contributed by atoms with van der Waals surface area (Å²) in [6, 6.07) is 74.5. The third kappa shape index (κ3) is 7.61. The number of benzene rings is 9. The molecule has 0 aliphatic carbocycles. The van der Waals surface area contributed by atoms with Gasteiger partial charge in [0.2, 0.25) is 0 Å². The normalized spacial score (nSPS) is 10.8. The maximum atomic E-state index is 10.2. The maximum Gasteiger partial charge on any atom is 0.194 e. The van der Waals surface area contributed by atoms with Gasteiger partial charge in [-0.15, -0.1) is 0 Å². The number of hydrogen-bond donors (Lipinski definition) is 0. The van der Waals surface area contributed by atoms with E-state index in [1.54, 1.807) is 0 Å². The zero-order chi connectivity index (χ0) is 46.8. The number of hydrogen-bond acceptors (Lipinski definition) is 4. The van der Waals surface area contributed by atoms with Crippen LogP contribution in [-0.4, -0.2) is 14.5 Å². The predicted octanol–water partition coefficient (Wildman–Crippen LogP) is 16.1. The third-order valence-electron chi connectivity index (χ3n) is 12.5. The van der Waals surface area contributed by atoms with Crippen LogP contribution in [0.3, 0.4) is 0 Å². The first-order valence-electron chi connectivity index (χ1n) is 22.2. The monoisotopic (exact) mass is 877 g/mol. The molecule has 69 heavy (non-hydrogen) atoms. The molecule has 0 aliphatic rings. The van der Waals surface area contributed by atoms with E-state index in [4.69, 9.17) is 23.1 Å². The van der Waals surface area contributed by atoms with Gasteiger partial charge in [-0.1, -0.05) is 152 Å². The van der Waals surface area contributed by atoms with Crippen molar-refractivity contribution in [3.05, 3.63) is 246 Å². The lowest BCUT2D eigenvalue weighted by Gasteiger charge is -2.21. The van der Waals surface area contributed by atoms with Crippen LogP contribution in [0.4, 0.5) is 11.4 Å². The van der Waals surface area contributed by atoms with Crippen molar-refractivity contribution in [2.75, 3.05) is 0 Å². The van der Waals surface area contributed by atoms with Crippen molar-refractivity contribution in [1.82, 2.24) is 14.5 Å². The molecule has 7 heteroatoms. The molecule has 0 fully saturated rings. The lowest BCUT2D eigenvalue weighted by Crippen LogP contribution is -2.03. The molecule has 9 aromatic carbocycles. The second kappa shape index (κ2) is 17.7. The highest BCUT2D eigenvalue weighted by Crippen LogP contribution is 2.46. The van der Waals surface area contributed by atoms with Gasteiger partial charge in [0.1, 0.15) is 0 Å². The zero-order valence-electron chi connectivity index (χ0n) is 36.8. The van der Waals surface area contributed by atoms with E-state index in [1.807, 2.05) is 152 Å².